The largest absolute Gasteiger partial charge is 0.346 e. The van der Waals surface area contributed by atoms with Gasteiger partial charge in [0.25, 0.3) is 0 Å². The van der Waals surface area contributed by atoms with E-state index < -0.39 is 10.0 Å². The van der Waals surface area contributed by atoms with Crippen LogP contribution in [0.3, 0.4) is 0 Å². The number of hydrogen-bond donors (Lipinski definition) is 0. The maximum absolute atomic E-state index is 13.1. The first kappa shape index (κ1) is 21.7. The number of hydrogen-bond acceptors (Lipinski definition) is 7. The molecule has 2 aliphatic heterocycles. The van der Waals surface area contributed by atoms with Gasteiger partial charge in [-0.2, -0.15) is 9.57 Å². The molecule has 0 saturated carbocycles. The van der Waals surface area contributed by atoms with E-state index in [0.29, 0.717) is 38.0 Å². The average molecular weight is 460 g/mol. The molecule has 3 heterocycles. The van der Waals surface area contributed by atoms with Gasteiger partial charge in [-0.15, -0.1) is 11.3 Å². The topological polar surface area (TPSA) is 97.6 Å². The molecule has 31 heavy (non-hydrogen) atoms. The first-order chi connectivity index (χ1) is 15.0. The molecule has 10 heteroatoms. The quantitative estimate of drug-likeness (QED) is 0.695. The Morgan fingerprint density at radius 2 is 1.81 bits per heavy atom. The van der Waals surface area contributed by atoms with Gasteiger partial charge in [0.1, 0.15) is 0 Å². The molecule has 1 aromatic carbocycles. The second kappa shape index (κ2) is 9.34. The van der Waals surface area contributed by atoms with Gasteiger partial charge in [-0.25, -0.2) is 13.4 Å². The van der Waals surface area contributed by atoms with Crippen molar-refractivity contribution in [2.75, 3.05) is 44.2 Å². The number of sulfonamides is 1. The van der Waals surface area contributed by atoms with Crippen LogP contribution in [-0.2, 0) is 14.8 Å². The fourth-order valence-electron chi connectivity index (χ4n) is 4.15. The first-order valence-electron chi connectivity index (χ1n) is 10.4. The van der Waals surface area contributed by atoms with Crippen molar-refractivity contribution >= 4 is 32.4 Å². The van der Waals surface area contributed by atoms with Crippen LogP contribution in [0.2, 0.25) is 0 Å². The fourth-order valence-corrected chi connectivity index (χ4v) is 6.32. The standard InChI is InChI=1S/C21H25N5O3S2/c22-16-17-2-4-19(5-3-17)31(28,29)26-11-6-18(7-12-26)20(27)24-9-1-10-25(14-13-24)21-23-8-15-30-21/h2-5,8,15,18H,1,6-7,9-14H2. The summed E-state index contributed by atoms with van der Waals surface area (Å²) in [5, 5.41) is 11.9. The molecule has 4 rings (SSSR count). The molecule has 0 atom stereocenters. The third-order valence-electron chi connectivity index (χ3n) is 5.92. The molecule has 8 nitrogen and oxygen atoms in total. The smallest absolute Gasteiger partial charge is 0.243 e. The molecule has 2 saturated heterocycles. The van der Waals surface area contributed by atoms with Crippen LogP contribution in [0.4, 0.5) is 5.13 Å². The average Bonchev–Trinajstić information content (AvgIpc) is 3.23. The van der Waals surface area contributed by atoms with Crippen molar-refractivity contribution in [2.45, 2.75) is 24.2 Å². The van der Waals surface area contributed by atoms with Crippen LogP contribution in [-0.4, -0.2) is 67.8 Å². The zero-order chi connectivity index (χ0) is 21.8. The van der Waals surface area contributed by atoms with Gasteiger partial charge in [-0.05, 0) is 43.5 Å². The number of nitrogens with zero attached hydrogens (tertiary/aromatic N) is 5. The van der Waals surface area contributed by atoms with Gasteiger partial charge in [-0.3, -0.25) is 4.79 Å². The zero-order valence-corrected chi connectivity index (χ0v) is 18.8. The van der Waals surface area contributed by atoms with E-state index in [-0.39, 0.29) is 16.7 Å². The summed E-state index contributed by atoms with van der Waals surface area (Å²) in [5.74, 6) is -0.00441. The molecule has 0 unspecified atom stereocenters. The number of amides is 1. The number of carbonyl (C=O) groups excluding carboxylic acids is 1. The van der Waals surface area contributed by atoms with E-state index in [9.17, 15) is 13.2 Å². The van der Waals surface area contributed by atoms with Crippen LogP contribution in [0.1, 0.15) is 24.8 Å². The molecule has 0 aliphatic carbocycles. The highest BCUT2D eigenvalue weighted by atomic mass is 32.2. The summed E-state index contributed by atoms with van der Waals surface area (Å²) >= 11 is 1.61. The van der Waals surface area contributed by atoms with E-state index in [1.165, 1.54) is 28.6 Å². The van der Waals surface area contributed by atoms with Crippen molar-refractivity contribution in [1.29, 1.82) is 5.26 Å². The molecular weight excluding hydrogens is 434 g/mol. The molecule has 1 amide bonds. The van der Waals surface area contributed by atoms with Crippen molar-refractivity contribution in [3.8, 4) is 6.07 Å². The van der Waals surface area contributed by atoms with E-state index in [1.807, 2.05) is 16.3 Å². The third kappa shape index (κ3) is 4.74. The van der Waals surface area contributed by atoms with Gasteiger partial charge < -0.3 is 9.80 Å². The van der Waals surface area contributed by atoms with E-state index >= 15 is 0 Å². The molecule has 1 aromatic heterocycles. The van der Waals surface area contributed by atoms with Crippen molar-refractivity contribution in [3.63, 3.8) is 0 Å². The van der Waals surface area contributed by atoms with Crippen LogP contribution in [0.15, 0.2) is 40.7 Å². The number of nitriles is 1. The first-order valence-corrected chi connectivity index (χ1v) is 12.7. The van der Waals surface area contributed by atoms with Crippen LogP contribution >= 0.6 is 11.3 Å². The molecule has 0 N–H and O–H groups in total. The number of thiazole rings is 1. The van der Waals surface area contributed by atoms with Gasteiger partial charge in [0, 0.05) is 56.8 Å². The molecule has 0 spiro atoms. The normalized spacial score (nSPS) is 19.1. The Kier molecular flexibility index (Phi) is 6.55. The monoisotopic (exact) mass is 459 g/mol. The highest BCUT2D eigenvalue weighted by Gasteiger charge is 2.34. The maximum Gasteiger partial charge on any atom is 0.243 e. The van der Waals surface area contributed by atoms with Crippen LogP contribution < -0.4 is 4.90 Å². The number of benzene rings is 1. The van der Waals surface area contributed by atoms with E-state index in [0.717, 1.165) is 31.2 Å². The summed E-state index contributed by atoms with van der Waals surface area (Å²) < 4.78 is 27.2. The van der Waals surface area contributed by atoms with Crippen LogP contribution in [0.25, 0.3) is 0 Å². The summed E-state index contributed by atoms with van der Waals surface area (Å²) in [5.41, 5.74) is 0.425. The van der Waals surface area contributed by atoms with E-state index in [2.05, 4.69) is 9.88 Å². The molecule has 2 aromatic rings. The van der Waals surface area contributed by atoms with Gasteiger partial charge in [-0.1, -0.05) is 0 Å². The molecule has 2 aliphatic rings. The van der Waals surface area contributed by atoms with Crippen LogP contribution in [0, 0.1) is 17.2 Å². The summed E-state index contributed by atoms with van der Waals surface area (Å²) in [7, 11) is -3.61. The second-order valence-electron chi connectivity index (χ2n) is 7.80. The Morgan fingerprint density at radius 1 is 1.06 bits per heavy atom. The lowest BCUT2D eigenvalue weighted by molar-refractivity contribution is -0.136. The Morgan fingerprint density at radius 3 is 2.45 bits per heavy atom. The Bertz CT molecular complexity index is 1040. The minimum atomic E-state index is -3.61. The van der Waals surface area contributed by atoms with E-state index in [1.54, 1.807) is 17.5 Å². The number of anilines is 1. The highest BCUT2D eigenvalue weighted by Crippen LogP contribution is 2.26. The Balaban J connectivity index is 1.33. The lowest BCUT2D eigenvalue weighted by Gasteiger charge is -2.33. The molecule has 0 bridgehead atoms. The number of rotatable bonds is 4. The molecule has 2 fully saturated rings. The van der Waals surface area contributed by atoms with Crippen LogP contribution in [0.5, 0.6) is 0 Å². The summed E-state index contributed by atoms with van der Waals surface area (Å²) in [6.07, 6.45) is 3.76. The van der Waals surface area contributed by atoms with Gasteiger partial charge >= 0.3 is 0 Å². The summed E-state index contributed by atoms with van der Waals surface area (Å²) in [6, 6.07) is 7.95. The molecule has 164 valence electrons. The fraction of sp³-hybridized carbons (Fsp3) is 0.476. The minimum absolute atomic E-state index is 0.136. The molecule has 0 radical (unpaired) electrons. The van der Waals surface area contributed by atoms with Crippen molar-refractivity contribution < 1.29 is 13.2 Å². The predicted molar refractivity (Wildman–Crippen MR) is 118 cm³/mol. The summed E-state index contributed by atoms with van der Waals surface area (Å²) in [6.45, 7) is 3.71. The SMILES string of the molecule is N#Cc1ccc(S(=O)(=O)N2CCC(C(=O)N3CCCN(c4nccs4)CC3)CC2)cc1. The highest BCUT2D eigenvalue weighted by molar-refractivity contribution is 7.89. The van der Waals surface area contributed by atoms with Gasteiger partial charge in [0.2, 0.25) is 15.9 Å². The van der Waals surface area contributed by atoms with E-state index in [4.69, 9.17) is 5.26 Å². The Labute approximate surface area is 186 Å². The zero-order valence-electron chi connectivity index (χ0n) is 17.2. The maximum atomic E-state index is 13.1. The van der Waals surface area contributed by atoms with Crippen molar-refractivity contribution in [2.24, 2.45) is 5.92 Å². The second-order valence-corrected chi connectivity index (χ2v) is 10.6. The van der Waals surface area contributed by atoms with Crippen molar-refractivity contribution in [3.05, 3.63) is 41.4 Å². The number of carbonyl (C=O) groups is 1. The molecular formula is C21H25N5O3S2. The number of aromatic nitrogens is 1. The van der Waals surface area contributed by atoms with Crippen molar-refractivity contribution in [1.82, 2.24) is 14.2 Å². The van der Waals surface area contributed by atoms with Gasteiger partial charge in [0.15, 0.2) is 5.13 Å². The third-order valence-corrected chi connectivity index (χ3v) is 8.67. The van der Waals surface area contributed by atoms with Gasteiger partial charge in [0.05, 0.1) is 16.5 Å². The lowest BCUT2D eigenvalue weighted by Crippen LogP contribution is -2.45. The minimum Gasteiger partial charge on any atom is -0.346 e. The number of piperidine rings is 1. The predicted octanol–water partition coefficient (Wildman–Crippen LogP) is 2.15. The Hall–Kier alpha value is -2.48. The lowest BCUT2D eigenvalue weighted by atomic mass is 9.96. The summed E-state index contributed by atoms with van der Waals surface area (Å²) in [4.78, 5) is 21.8.